The highest BCUT2D eigenvalue weighted by molar-refractivity contribution is 7.92. The first-order valence-corrected chi connectivity index (χ1v) is 8.54. The lowest BCUT2D eigenvalue weighted by atomic mass is 10.2. The largest absolute Gasteiger partial charge is 0.354 e. The van der Waals surface area contributed by atoms with Gasteiger partial charge in [0.15, 0.2) is 9.84 Å². The first-order valence-electron chi connectivity index (χ1n) is 6.64. The van der Waals surface area contributed by atoms with Gasteiger partial charge >= 0.3 is 0 Å². The van der Waals surface area contributed by atoms with Gasteiger partial charge < -0.3 is 9.88 Å². The molecular weight excluding hydrogens is 262 g/mol. The van der Waals surface area contributed by atoms with E-state index < -0.39 is 14.6 Å². The third-order valence-electron chi connectivity index (χ3n) is 3.33. The van der Waals surface area contributed by atoms with Crippen molar-refractivity contribution in [2.75, 3.05) is 18.1 Å². The average molecular weight is 287 g/mol. The zero-order chi connectivity index (χ0) is 14.7. The van der Waals surface area contributed by atoms with Gasteiger partial charge in [-0.15, -0.1) is 0 Å². The number of rotatable bonds is 7. The van der Waals surface area contributed by atoms with Gasteiger partial charge in [-0.2, -0.15) is 0 Å². The molecule has 0 saturated carbocycles. The highest BCUT2D eigenvalue weighted by Crippen LogP contribution is 2.17. The van der Waals surface area contributed by atoms with Crippen molar-refractivity contribution in [2.24, 2.45) is 0 Å². The molecule has 1 aromatic heterocycles. The molecule has 0 fully saturated rings. The van der Waals surface area contributed by atoms with Gasteiger partial charge in [-0.05, 0) is 27.2 Å². The second kappa shape index (κ2) is 5.94. The Kier molecular flexibility index (Phi) is 5.01. The van der Waals surface area contributed by atoms with Crippen molar-refractivity contribution in [3.63, 3.8) is 0 Å². The second-order valence-corrected chi connectivity index (χ2v) is 8.29. The van der Waals surface area contributed by atoms with E-state index in [1.54, 1.807) is 13.8 Å². The normalized spacial score (nSPS) is 12.7. The Hall–Kier alpha value is -1.04. The van der Waals surface area contributed by atoms with Crippen molar-refractivity contribution in [2.45, 2.75) is 51.8 Å². The number of unbranched alkanes of at least 4 members (excludes halogenated alkanes) is 1. The number of anilines is 1. The fourth-order valence-electron chi connectivity index (χ4n) is 1.61. The molecule has 1 N–H and O–H groups in total. The van der Waals surface area contributed by atoms with Gasteiger partial charge in [-0.25, -0.2) is 13.4 Å². The number of hydrogen-bond acceptors (Lipinski definition) is 4. The number of sulfone groups is 1. The maximum Gasteiger partial charge on any atom is 0.203 e. The zero-order valence-electron chi connectivity index (χ0n) is 12.5. The van der Waals surface area contributed by atoms with Crippen LogP contribution in [0, 0.1) is 6.92 Å². The lowest BCUT2D eigenvalue weighted by Gasteiger charge is -2.23. The summed E-state index contributed by atoms with van der Waals surface area (Å²) < 4.78 is 24.6. The molecule has 0 aliphatic carbocycles. The van der Waals surface area contributed by atoms with Crippen LogP contribution in [0.25, 0.3) is 0 Å². The molecule has 0 unspecified atom stereocenters. The Labute approximate surface area is 116 Å². The van der Waals surface area contributed by atoms with Crippen molar-refractivity contribution in [3.8, 4) is 0 Å². The van der Waals surface area contributed by atoms with Gasteiger partial charge in [-0.1, -0.05) is 13.3 Å². The quantitative estimate of drug-likeness (QED) is 0.835. The predicted molar refractivity (Wildman–Crippen MR) is 79.3 cm³/mol. The maximum absolute atomic E-state index is 11.7. The summed E-state index contributed by atoms with van der Waals surface area (Å²) >= 11 is 0. The predicted octanol–water partition coefficient (Wildman–Crippen LogP) is 2.23. The summed E-state index contributed by atoms with van der Waals surface area (Å²) in [6.45, 7) is 8.79. The molecule has 6 heteroatoms. The summed E-state index contributed by atoms with van der Waals surface area (Å²) in [6.07, 6.45) is 5.46. The van der Waals surface area contributed by atoms with Crippen molar-refractivity contribution in [1.82, 2.24) is 9.55 Å². The lowest BCUT2D eigenvalue weighted by Crippen LogP contribution is -2.38. The molecule has 1 heterocycles. The highest BCUT2D eigenvalue weighted by Gasteiger charge is 2.30. The van der Waals surface area contributed by atoms with E-state index in [9.17, 15) is 8.42 Å². The number of aryl methyl sites for hydroxylation is 2. The van der Waals surface area contributed by atoms with Crippen LogP contribution in [0.15, 0.2) is 6.20 Å². The van der Waals surface area contributed by atoms with Crippen LogP contribution in [0.3, 0.4) is 0 Å². The molecule has 1 rings (SSSR count). The fourth-order valence-corrected chi connectivity index (χ4v) is 1.94. The summed E-state index contributed by atoms with van der Waals surface area (Å²) in [5.41, 5.74) is 0.941. The molecule has 0 saturated heterocycles. The molecule has 19 heavy (non-hydrogen) atoms. The van der Waals surface area contributed by atoms with E-state index in [0.29, 0.717) is 6.54 Å². The third-order valence-corrected chi connectivity index (χ3v) is 5.48. The molecule has 0 aliphatic heterocycles. The molecule has 0 aromatic carbocycles. The first-order chi connectivity index (χ1) is 8.67. The van der Waals surface area contributed by atoms with Gasteiger partial charge in [0.1, 0.15) is 0 Å². The number of nitrogens with one attached hydrogen (secondary N) is 1. The van der Waals surface area contributed by atoms with Gasteiger partial charge in [0.2, 0.25) is 5.95 Å². The van der Waals surface area contributed by atoms with E-state index in [4.69, 9.17) is 0 Å². The molecule has 0 aliphatic rings. The molecule has 0 bridgehead atoms. The summed E-state index contributed by atoms with van der Waals surface area (Å²) in [5, 5.41) is 3.16. The summed E-state index contributed by atoms with van der Waals surface area (Å²) in [4.78, 5) is 4.41. The smallest absolute Gasteiger partial charge is 0.203 e. The fraction of sp³-hybridized carbons (Fsp3) is 0.769. The zero-order valence-corrected chi connectivity index (χ0v) is 13.3. The molecule has 0 radical (unpaired) electrons. The molecule has 1 aromatic rings. The van der Waals surface area contributed by atoms with Gasteiger partial charge in [0.25, 0.3) is 0 Å². The van der Waals surface area contributed by atoms with Crippen LogP contribution in [-0.2, 0) is 16.4 Å². The standard InChI is InChI=1S/C13H25N3O2S/c1-6-7-8-16-9-11(2)15-12(16)14-10-13(3,4)19(5,17)18/h9H,6-8,10H2,1-5H3,(H,14,15). The summed E-state index contributed by atoms with van der Waals surface area (Å²) in [6, 6.07) is 0. The van der Waals surface area contributed by atoms with Gasteiger partial charge in [0, 0.05) is 25.5 Å². The van der Waals surface area contributed by atoms with E-state index in [1.165, 1.54) is 6.26 Å². The van der Waals surface area contributed by atoms with E-state index in [2.05, 4.69) is 21.8 Å². The number of aromatic nitrogens is 2. The van der Waals surface area contributed by atoms with Crippen molar-refractivity contribution in [1.29, 1.82) is 0 Å². The molecule has 110 valence electrons. The first kappa shape index (κ1) is 16.0. The molecule has 0 amide bonds. The van der Waals surface area contributed by atoms with Crippen LogP contribution in [-0.4, -0.2) is 35.5 Å². The number of imidazole rings is 1. The monoisotopic (exact) mass is 287 g/mol. The van der Waals surface area contributed by atoms with Crippen molar-refractivity contribution in [3.05, 3.63) is 11.9 Å². The van der Waals surface area contributed by atoms with Gasteiger partial charge in [-0.3, -0.25) is 0 Å². The molecule has 0 atom stereocenters. The van der Waals surface area contributed by atoms with E-state index in [0.717, 1.165) is 31.0 Å². The minimum absolute atomic E-state index is 0.356. The maximum atomic E-state index is 11.7. The minimum Gasteiger partial charge on any atom is -0.354 e. The van der Waals surface area contributed by atoms with E-state index in [1.807, 2.05) is 13.1 Å². The van der Waals surface area contributed by atoms with Crippen molar-refractivity contribution >= 4 is 15.8 Å². The third kappa shape index (κ3) is 4.23. The molecule has 0 spiro atoms. The lowest BCUT2D eigenvalue weighted by molar-refractivity contribution is 0.558. The van der Waals surface area contributed by atoms with E-state index >= 15 is 0 Å². The van der Waals surface area contributed by atoms with Crippen LogP contribution in [0.5, 0.6) is 0 Å². The summed E-state index contributed by atoms with van der Waals surface area (Å²) in [7, 11) is -3.10. The van der Waals surface area contributed by atoms with Crippen LogP contribution in [0.4, 0.5) is 5.95 Å². The second-order valence-electron chi connectivity index (χ2n) is 5.64. The van der Waals surface area contributed by atoms with Crippen LogP contribution >= 0.6 is 0 Å². The van der Waals surface area contributed by atoms with Crippen molar-refractivity contribution < 1.29 is 8.42 Å². The van der Waals surface area contributed by atoms with Crippen LogP contribution < -0.4 is 5.32 Å². The SMILES string of the molecule is CCCCn1cc(C)nc1NCC(C)(C)S(C)(=O)=O. The Bertz CT molecular complexity index is 518. The topological polar surface area (TPSA) is 64.0 Å². The Morgan fingerprint density at radius 2 is 2.05 bits per heavy atom. The van der Waals surface area contributed by atoms with Gasteiger partial charge in [0.05, 0.1) is 10.4 Å². The Morgan fingerprint density at radius 3 is 2.58 bits per heavy atom. The van der Waals surface area contributed by atoms with E-state index in [-0.39, 0.29) is 0 Å². The summed E-state index contributed by atoms with van der Waals surface area (Å²) in [5.74, 6) is 0.752. The average Bonchev–Trinajstić information content (AvgIpc) is 2.63. The highest BCUT2D eigenvalue weighted by atomic mass is 32.2. The number of hydrogen-bond donors (Lipinski definition) is 1. The number of nitrogens with zero attached hydrogens (tertiary/aromatic N) is 2. The molecule has 5 nitrogen and oxygen atoms in total. The Morgan fingerprint density at radius 1 is 1.42 bits per heavy atom. The Balaban J connectivity index is 2.78. The van der Waals surface area contributed by atoms with Crippen LogP contribution in [0.1, 0.15) is 39.3 Å². The molecular formula is C13H25N3O2S. The van der Waals surface area contributed by atoms with Crippen LogP contribution in [0.2, 0.25) is 0 Å². The minimum atomic E-state index is -3.10.